The Morgan fingerprint density at radius 3 is 2.56 bits per heavy atom. The lowest BCUT2D eigenvalue weighted by Gasteiger charge is -2.34. The standard InChI is InChI=1S/C31H35N3O5/c1-38-25-9-10-27(31(37)33-24-5-3-13-32-19-24)29(17-25)34-14-11-21(12-15-34)20-39-26-6-2-4-23(16-26)28(18-30(35)36)22-7-8-22/h2-6,9-10,13,16-17,19,21-22,28H,7-8,11-12,14-15,18,20H2,1H3,(H,33,37)(H,35,36). The predicted molar refractivity (Wildman–Crippen MR) is 150 cm³/mol. The number of carboxylic acids is 1. The minimum absolute atomic E-state index is 0.0571. The van der Waals surface area contributed by atoms with Crippen LogP contribution in [0.3, 0.4) is 0 Å². The van der Waals surface area contributed by atoms with E-state index in [2.05, 4.69) is 15.2 Å². The number of piperidine rings is 1. The number of anilines is 2. The molecule has 2 fully saturated rings. The number of carbonyl (C=O) groups excluding carboxylic acids is 1. The van der Waals surface area contributed by atoms with Gasteiger partial charge < -0.3 is 24.8 Å². The summed E-state index contributed by atoms with van der Waals surface area (Å²) < 4.78 is 11.6. The number of nitrogens with zero attached hydrogens (tertiary/aromatic N) is 2. The fraction of sp³-hybridized carbons (Fsp3) is 0.387. The SMILES string of the molecule is COc1ccc(C(=O)Nc2cccnc2)c(N2CCC(COc3cccc(C(CC(=O)O)C4CC4)c3)CC2)c1. The van der Waals surface area contributed by atoms with Crippen molar-refractivity contribution >= 4 is 23.3 Å². The van der Waals surface area contributed by atoms with Crippen molar-refractivity contribution in [1.29, 1.82) is 0 Å². The normalized spacial score (nSPS) is 16.4. The third kappa shape index (κ3) is 6.88. The molecule has 0 spiro atoms. The van der Waals surface area contributed by atoms with Crippen LogP contribution >= 0.6 is 0 Å². The molecule has 1 amide bonds. The van der Waals surface area contributed by atoms with Gasteiger partial charge in [-0.2, -0.15) is 0 Å². The molecule has 5 rings (SSSR count). The van der Waals surface area contributed by atoms with Crippen molar-refractivity contribution in [2.24, 2.45) is 11.8 Å². The largest absolute Gasteiger partial charge is 0.497 e. The summed E-state index contributed by atoms with van der Waals surface area (Å²) in [5.41, 5.74) is 3.16. The summed E-state index contributed by atoms with van der Waals surface area (Å²) in [5.74, 6) is 1.49. The Morgan fingerprint density at radius 1 is 1.05 bits per heavy atom. The number of carbonyl (C=O) groups is 2. The fourth-order valence-corrected chi connectivity index (χ4v) is 5.36. The van der Waals surface area contributed by atoms with Gasteiger partial charge in [0.15, 0.2) is 0 Å². The number of nitrogens with one attached hydrogen (secondary N) is 1. The van der Waals surface area contributed by atoms with Crippen LogP contribution in [0.25, 0.3) is 0 Å². The maximum Gasteiger partial charge on any atom is 0.303 e. The summed E-state index contributed by atoms with van der Waals surface area (Å²) >= 11 is 0. The third-order valence-electron chi connectivity index (χ3n) is 7.68. The predicted octanol–water partition coefficient (Wildman–Crippen LogP) is 5.61. The van der Waals surface area contributed by atoms with Crippen LogP contribution in [0, 0.1) is 11.8 Å². The molecule has 0 bridgehead atoms. The lowest BCUT2D eigenvalue weighted by molar-refractivity contribution is -0.137. The highest BCUT2D eigenvalue weighted by Crippen LogP contribution is 2.45. The van der Waals surface area contributed by atoms with Gasteiger partial charge in [-0.3, -0.25) is 14.6 Å². The van der Waals surface area contributed by atoms with Gasteiger partial charge in [-0.15, -0.1) is 0 Å². The number of hydrogen-bond donors (Lipinski definition) is 2. The molecular weight excluding hydrogens is 494 g/mol. The smallest absolute Gasteiger partial charge is 0.303 e. The Bertz CT molecular complexity index is 1290. The number of carboxylic acid groups (broad SMARTS) is 1. The number of amides is 1. The number of aliphatic carboxylic acids is 1. The summed E-state index contributed by atoms with van der Waals surface area (Å²) in [7, 11) is 1.63. The van der Waals surface area contributed by atoms with Crippen LogP contribution in [-0.4, -0.2) is 48.8 Å². The lowest BCUT2D eigenvalue weighted by Crippen LogP contribution is -2.36. The Morgan fingerprint density at radius 2 is 1.87 bits per heavy atom. The van der Waals surface area contributed by atoms with E-state index in [1.807, 2.05) is 36.4 Å². The van der Waals surface area contributed by atoms with Gasteiger partial charge in [-0.05, 0) is 85.4 Å². The van der Waals surface area contributed by atoms with E-state index in [4.69, 9.17) is 9.47 Å². The highest BCUT2D eigenvalue weighted by molar-refractivity contribution is 6.08. The number of methoxy groups -OCH3 is 1. The van der Waals surface area contributed by atoms with E-state index in [1.165, 1.54) is 0 Å². The van der Waals surface area contributed by atoms with E-state index in [9.17, 15) is 14.7 Å². The molecule has 1 atom stereocenters. The van der Waals surface area contributed by atoms with Crippen molar-refractivity contribution in [2.45, 2.75) is 38.0 Å². The van der Waals surface area contributed by atoms with Crippen LogP contribution < -0.4 is 19.7 Å². The monoisotopic (exact) mass is 529 g/mol. The van der Waals surface area contributed by atoms with E-state index >= 15 is 0 Å². The number of ether oxygens (including phenoxy) is 2. The number of rotatable bonds is 11. The maximum atomic E-state index is 13.1. The van der Waals surface area contributed by atoms with Gasteiger partial charge in [0.2, 0.25) is 0 Å². The highest BCUT2D eigenvalue weighted by Gasteiger charge is 2.34. The van der Waals surface area contributed by atoms with E-state index in [1.54, 1.807) is 37.7 Å². The van der Waals surface area contributed by atoms with Crippen LogP contribution in [0.2, 0.25) is 0 Å². The van der Waals surface area contributed by atoms with Crippen LogP contribution in [0.1, 0.15) is 53.9 Å². The topological polar surface area (TPSA) is 101 Å². The molecule has 1 saturated heterocycles. The van der Waals surface area contributed by atoms with E-state index < -0.39 is 5.97 Å². The van der Waals surface area contributed by atoms with Crippen LogP contribution in [-0.2, 0) is 4.79 Å². The summed E-state index contributed by atoms with van der Waals surface area (Å²) in [6.07, 6.45) is 7.53. The molecule has 1 aliphatic heterocycles. The van der Waals surface area contributed by atoms with Gasteiger partial charge in [0.05, 0.1) is 43.3 Å². The Hall–Kier alpha value is -4.07. The summed E-state index contributed by atoms with van der Waals surface area (Å²) in [6.45, 7) is 2.21. The first-order chi connectivity index (χ1) is 19.0. The van der Waals surface area contributed by atoms with Crippen LogP contribution in [0.4, 0.5) is 11.4 Å². The number of hydrogen-bond acceptors (Lipinski definition) is 6. The molecule has 8 heteroatoms. The van der Waals surface area contributed by atoms with Gasteiger partial charge in [-0.25, -0.2) is 0 Å². The Balaban J connectivity index is 1.20. The van der Waals surface area contributed by atoms with E-state index in [-0.39, 0.29) is 18.2 Å². The molecule has 2 N–H and O–H groups in total. The molecule has 2 heterocycles. The molecule has 2 aliphatic rings. The van der Waals surface area contributed by atoms with E-state index in [0.29, 0.717) is 35.4 Å². The minimum atomic E-state index is -0.751. The Kier molecular flexibility index (Phi) is 8.30. The minimum Gasteiger partial charge on any atom is -0.497 e. The first-order valence-electron chi connectivity index (χ1n) is 13.6. The van der Waals surface area contributed by atoms with Crippen molar-refractivity contribution < 1.29 is 24.2 Å². The van der Waals surface area contributed by atoms with Gasteiger partial charge in [0.25, 0.3) is 5.91 Å². The van der Waals surface area contributed by atoms with Crippen molar-refractivity contribution in [3.05, 3.63) is 78.1 Å². The molecule has 1 aromatic heterocycles. The average Bonchev–Trinajstić information content (AvgIpc) is 3.81. The molecule has 1 aliphatic carbocycles. The molecular formula is C31H35N3O5. The zero-order valence-corrected chi connectivity index (χ0v) is 22.2. The van der Waals surface area contributed by atoms with Crippen LogP contribution in [0.15, 0.2) is 67.0 Å². The van der Waals surface area contributed by atoms with Crippen molar-refractivity contribution in [1.82, 2.24) is 4.98 Å². The number of benzene rings is 2. The first kappa shape index (κ1) is 26.5. The molecule has 204 valence electrons. The maximum absolute atomic E-state index is 13.1. The summed E-state index contributed by atoms with van der Waals surface area (Å²) in [6, 6.07) is 17.1. The quantitative estimate of drug-likeness (QED) is 0.333. The molecule has 1 saturated carbocycles. The molecule has 39 heavy (non-hydrogen) atoms. The molecule has 1 unspecified atom stereocenters. The fourth-order valence-electron chi connectivity index (χ4n) is 5.36. The molecule has 8 nitrogen and oxygen atoms in total. The Labute approximate surface area is 229 Å². The second kappa shape index (κ2) is 12.2. The zero-order chi connectivity index (χ0) is 27.2. The summed E-state index contributed by atoms with van der Waals surface area (Å²) in [4.78, 5) is 30.8. The van der Waals surface area contributed by atoms with Crippen LogP contribution in [0.5, 0.6) is 11.5 Å². The van der Waals surface area contributed by atoms with Gasteiger partial charge in [-0.1, -0.05) is 12.1 Å². The molecule has 3 aromatic rings. The number of aromatic nitrogens is 1. The average molecular weight is 530 g/mol. The summed E-state index contributed by atoms with van der Waals surface area (Å²) in [5, 5.41) is 12.3. The molecule has 2 aromatic carbocycles. The van der Waals surface area contributed by atoms with Crippen molar-refractivity contribution in [2.75, 3.05) is 37.0 Å². The van der Waals surface area contributed by atoms with Gasteiger partial charge >= 0.3 is 5.97 Å². The first-order valence-corrected chi connectivity index (χ1v) is 13.6. The van der Waals surface area contributed by atoms with Gasteiger partial charge in [0, 0.05) is 25.4 Å². The van der Waals surface area contributed by atoms with E-state index in [0.717, 1.165) is 55.8 Å². The van der Waals surface area contributed by atoms with Gasteiger partial charge in [0.1, 0.15) is 11.5 Å². The highest BCUT2D eigenvalue weighted by atomic mass is 16.5. The second-order valence-electron chi connectivity index (χ2n) is 10.4. The molecule has 0 radical (unpaired) electrons. The van der Waals surface area contributed by atoms with Crippen molar-refractivity contribution in [3.63, 3.8) is 0 Å². The third-order valence-corrected chi connectivity index (χ3v) is 7.68. The number of pyridine rings is 1. The second-order valence-corrected chi connectivity index (χ2v) is 10.4. The lowest BCUT2D eigenvalue weighted by atomic mass is 9.91. The zero-order valence-electron chi connectivity index (χ0n) is 22.2. The van der Waals surface area contributed by atoms with Crippen molar-refractivity contribution in [3.8, 4) is 11.5 Å².